The molecule has 6 N–H and O–H groups in total. The fraction of sp³-hybridized carbons (Fsp3) is 0.447. The van der Waals surface area contributed by atoms with Crippen LogP contribution in [0.1, 0.15) is 77.1 Å². The number of benzene rings is 2. The lowest BCUT2D eigenvalue weighted by Gasteiger charge is -2.28. The van der Waals surface area contributed by atoms with E-state index in [2.05, 4.69) is 68.5 Å². The van der Waals surface area contributed by atoms with Crippen molar-refractivity contribution in [2.24, 2.45) is 29.2 Å². The molecule has 2 amide bonds. The summed E-state index contributed by atoms with van der Waals surface area (Å²) in [7, 11) is 0. The SMILES string of the molecule is CC(C)[C@H](C(=O)OCN)C(=O)N1CCC[C@H]1c1ncc(-c2ccc(-c3ccc(-c4cnc([C@@H]5CCCN5C(=O)[C@@H](N)C(C)C)[nH]4)cc3)cc2)[nH]1. The lowest BCUT2D eigenvalue weighted by Crippen LogP contribution is -2.46. The Morgan fingerprint density at radius 1 is 0.740 bits per heavy atom. The van der Waals surface area contributed by atoms with E-state index in [9.17, 15) is 14.4 Å². The van der Waals surface area contributed by atoms with Gasteiger partial charge in [-0.1, -0.05) is 76.2 Å². The maximum atomic E-state index is 13.5. The van der Waals surface area contributed by atoms with E-state index < -0.39 is 17.9 Å². The zero-order valence-electron chi connectivity index (χ0n) is 29.3. The monoisotopic (exact) mass is 680 g/mol. The molecule has 2 aromatic heterocycles. The van der Waals surface area contributed by atoms with Crippen molar-refractivity contribution in [3.05, 3.63) is 72.6 Å². The van der Waals surface area contributed by atoms with Crippen LogP contribution in [0.4, 0.5) is 0 Å². The minimum Gasteiger partial charge on any atom is -0.449 e. The predicted octanol–water partition coefficient (Wildman–Crippen LogP) is 5.18. The molecule has 6 rings (SSSR count). The molecule has 4 heterocycles. The van der Waals surface area contributed by atoms with Crippen LogP contribution in [0, 0.1) is 17.8 Å². The summed E-state index contributed by atoms with van der Waals surface area (Å²) in [5, 5.41) is 0. The minimum absolute atomic E-state index is 0.0140. The van der Waals surface area contributed by atoms with Crippen LogP contribution in [0.3, 0.4) is 0 Å². The van der Waals surface area contributed by atoms with Gasteiger partial charge in [0.1, 0.15) is 24.3 Å². The Balaban J connectivity index is 1.12. The Kier molecular flexibility index (Phi) is 10.5. The first kappa shape index (κ1) is 35.0. The van der Waals surface area contributed by atoms with Gasteiger partial charge in [-0.05, 0) is 59.8 Å². The molecule has 0 bridgehead atoms. The third-order valence-corrected chi connectivity index (χ3v) is 10.0. The molecule has 12 heteroatoms. The van der Waals surface area contributed by atoms with E-state index in [0.717, 1.165) is 65.1 Å². The van der Waals surface area contributed by atoms with Crippen LogP contribution < -0.4 is 11.5 Å². The molecule has 0 saturated carbocycles. The van der Waals surface area contributed by atoms with Gasteiger partial charge in [0.2, 0.25) is 11.8 Å². The molecule has 2 aromatic carbocycles. The second-order valence-electron chi connectivity index (χ2n) is 14.0. The standard InChI is InChI=1S/C38H48N8O4/c1-22(2)32(38(49)50-21-39)36(47)45-17-5-7-30(45)34-41-19-28(43-34)26-13-9-24(10-14-26)25-11-15-27(16-12-25)29-20-42-35(44-29)31-8-6-18-46(31)37(48)33(40)23(3)4/h9-16,19-20,22-23,30-33H,5-8,17-18,21,39-40H2,1-4H3,(H,41,43)(H,42,44)/t30-,31-,32-,33-/m0/s1. The quantitative estimate of drug-likeness (QED) is 0.0952. The Morgan fingerprint density at radius 2 is 1.18 bits per heavy atom. The molecule has 2 saturated heterocycles. The summed E-state index contributed by atoms with van der Waals surface area (Å²) in [6.45, 7) is 8.62. The highest BCUT2D eigenvalue weighted by Crippen LogP contribution is 2.35. The molecule has 0 unspecified atom stereocenters. The van der Waals surface area contributed by atoms with Crippen molar-refractivity contribution in [2.45, 2.75) is 71.5 Å². The topological polar surface area (TPSA) is 176 Å². The fourth-order valence-electron chi connectivity index (χ4n) is 7.10. The number of nitrogens with two attached hydrogens (primary N) is 2. The van der Waals surface area contributed by atoms with E-state index in [1.54, 1.807) is 11.1 Å². The number of H-pyrrole nitrogens is 2. The van der Waals surface area contributed by atoms with E-state index in [1.807, 2.05) is 38.8 Å². The Morgan fingerprint density at radius 3 is 1.60 bits per heavy atom. The molecular formula is C38H48N8O4. The minimum atomic E-state index is -0.902. The van der Waals surface area contributed by atoms with Gasteiger partial charge in [-0.25, -0.2) is 9.97 Å². The highest BCUT2D eigenvalue weighted by Gasteiger charge is 2.40. The van der Waals surface area contributed by atoms with E-state index in [4.69, 9.17) is 16.2 Å². The average Bonchev–Trinajstić information content (AvgIpc) is 3.94. The molecule has 0 aliphatic carbocycles. The smallest absolute Gasteiger partial charge is 0.320 e. The second kappa shape index (κ2) is 15.0. The molecule has 2 aliphatic heterocycles. The van der Waals surface area contributed by atoms with Crippen molar-refractivity contribution >= 4 is 17.8 Å². The summed E-state index contributed by atoms with van der Waals surface area (Å²) in [6, 6.07) is 15.7. The van der Waals surface area contributed by atoms with Crippen LogP contribution >= 0.6 is 0 Å². The summed E-state index contributed by atoms with van der Waals surface area (Å²) in [4.78, 5) is 58.9. The van der Waals surface area contributed by atoms with Crippen LogP contribution in [-0.4, -0.2) is 73.4 Å². The number of imidazole rings is 2. The Hall–Kier alpha value is -4.81. The van der Waals surface area contributed by atoms with Gasteiger partial charge in [-0.2, -0.15) is 0 Å². The summed E-state index contributed by atoms with van der Waals surface area (Å²) >= 11 is 0. The summed E-state index contributed by atoms with van der Waals surface area (Å²) < 4.78 is 5.01. The van der Waals surface area contributed by atoms with Crippen LogP contribution in [-0.2, 0) is 19.1 Å². The number of likely N-dealkylation sites (tertiary alicyclic amines) is 2. The van der Waals surface area contributed by atoms with Crippen molar-refractivity contribution in [2.75, 3.05) is 19.8 Å². The zero-order valence-corrected chi connectivity index (χ0v) is 29.3. The highest BCUT2D eigenvalue weighted by atomic mass is 16.5. The van der Waals surface area contributed by atoms with Gasteiger partial charge in [0, 0.05) is 13.1 Å². The number of esters is 1. The molecule has 12 nitrogen and oxygen atoms in total. The van der Waals surface area contributed by atoms with Crippen molar-refractivity contribution < 1.29 is 19.1 Å². The zero-order chi connectivity index (χ0) is 35.5. The average molecular weight is 681 g/mol. The number of hydrogen-bond donors (Lipinski definition) is 4. The molecule has 0 spiro atoms. The third-order valence-electron chi connectivity index (χ3n) is 10.0. The van der Waals surface area contributed by atoms with Gasteiger partial charge >= 0.3 is 5.97 Å². The van der Waals surface area contributed by atoms with Crippen LogP contribution in [0.2, 0.25) is 0 Å². The van der Waals surface area contributed by atoms with Crippen LogP contribution in [0.15, 0.2) is 60.9 Å². The van der Waals surface area contributed by atoms with E-state index in [0.29, 0.717) is 18.9 Å². The normalized spacial score (nSPS) is 19.0. The van der Waals surface area contributed by atoms with E-state index in [1.165, 1.54) is 0 Å². The van der Waals surface area contributed by atoms with Crippen molar-refractivity contribution in [1.29, 1.82) is 0 Å². The number of ether oxygens (including phenoxy) is 1. The maximum Gasteiger partial charge on any atom is 0.320 e. The van der Waals surface area contributed by atoms with Gasteiger partial charge in [0.05, 0.1) is 41.9 Å². The number of aromatic nitrogens is 4. The summed E-state index contributed by atoms with van der Waals surface area (Å²) in [5.41, 5.74) is 17.5. The summed E-state index contributed by atoms with van der Waals surface area (Å²) in [5.74, 6) is -0.393. The van der Waals surface area contributed by atoms with Crippen molar-refractivity contribution in [3.8, 4) is 33.6 Å². The maximum absolute atomic E-state index is 13.5. The first-order valence-electron chi connectivity index (χ1n) is 17.6. The van der Waals surface area contributed by atoms with Gasteiger partial charge in [-0.15, -0.1) is 0 Å². The predicted molar refractivity (Wildman–Crippen MR) is 191 cm³/mol. The molecule has 2 aliphatic rings. The first-order chi connectivity index (χ1) is 24.1. The molecular weight excluding hydrogens is 632 g/mol. The largest absolute Gasteiger partial charge is 0.449 e. The van der Waals surface area contributed by atoms with E-state index >= 15 is 0 Å². The summed E-state index contributed by atoms with van der Waals surface area (Å²) in [6.07, 6.45) is 7.01. The molecule has 50 heavy (non-hydrogen) atoms. The molecule has 4 aromatic rings. The fourth-order valence-corrected chi connectivity index (χ4v) is 7.10. The van der Waals surface area contributed by atoms with Gasteiger partial charge in [0.25, 0.3) is 0 Å². The molecule has 264 valence electrons. The molecule has 4 atom stereocenters. The van der Waals surface area contributed by atoms with Crippen molar-refractivity contribution in [1.82, 2.24) is 29.7 Å². The second-order valence-corrected chi connectivity index (χ2v) is 14.0. The number of nitrogens with one attached hydrogen (secondary N) is 2. The van der Waals surface area contributed by atoms with Crippen molar-refractivity contribution in [3.63, 3.8) is 0 Å². The Labute approximate surface area is 293 Å². The van der Waals surface area contributed by atoms with E-state index in [-0.39, 0.29) is 42.5 Å². The molecule has 0 radical (unpaired) electrons. The Bertz CT molecular complexity index is 1800. The van der Waals surface area contributed by atoms with Gasteiger partial charge < -0.3 is 30.2 Å². The number of rotatable bonds is 11. The highest BCUT2D eigenvalue weighted by molar-refractivity contribution is 5.98. The number of aromatic amines is 2. The van der Waals surface area contributed by atoms with Crippen LogP contribution in [0.25, 0.3) is 33.6 Å². The lowest BCUT2D eigenvalue weighted by atomic mass is 9.94. The lowest BCUT2D eigenvalue weighted by molar-refractivity contribution is -0.158. The third kappa shape index (κ3) is 7.08. The first-order valence-corrected chi connectivity index (χ1v) is 17.6. The number of nitrogens with zero attached hydrogens (tertiary/aromatic N) is 4. The van der Waals surface area contributed by atoms with Gasteiger partial charge in [-0.3, -0.25) is 20.1 Å². The van der Waals surface area contributed by atoms with Crippen LogP contribution in [0.5, 0.6) is 0 Å². The number of carbonyl (C=O) groups excluding carboxylic acids is 3. The number of hydrogen-bond acceptors (Lipinski definition) is 8. The van der Waals surface area contributed by atoms with Gasteiger partial charge in [0.15, 0.2) is 0 Å². The number of amides is 2. The number of carbonyl (C=O) groups is 3. The molecule has 2 fully saturated rings.